The maximum absolute atomic E-state index is 12.5. The van der Waals surface area contributed by atoms with Gasteiger partial charge in [0.05, 0.1) is 36.2 Å². The second kappa shape index (κ2) is 4.55. The van der Waals surface area contributed by atoms with Gasteiger partial charge in [0.2, 0.25) is 5.91 Å². The minimum absolute atomic E-state index is 0.0892. The van der Waals surface area contributed by atoms with Crippen molar-refractivity contribution in [1.82, 2.24) is 4.72 Å². The zero-order valence-corrected chi connectivity index (χ0v) is 13.2. The van der Waals surface area contributed by atoms with Crippen LogP contribution in [-0.2, 0) is 37.5 Å². The molecule has 1 N–H and O–H groups in total. The summed E-state index contributed by atoms with van der Waals surface area (Å²) in [5.41, 5.74) is 1.86. The fraction of sp³-hybridized carbons (Fsp3) is 0.562. The van der Waals surface area contributed by atoms with Crippen molar-refractivity contribution in [3.8, 4) is 0 Å². The molecular formula is C16H17NO5S. The molecule has 1 aromatic carbocycles. The van der Waals surface area contributed by atoms with Gasteiger partial charge in [0, 0.05) is 0 Å². The molecule has 1 aliphatic carbocycles. The number of carbonyl (C=O) groups is 1. The predicted octanol–water partition coefficient (Wildman–Crippen LogP) is 0.945. The fourth-order valence-electron chi connectivity index (χ4n) is 4.29. The molecule has 0 aromatic heterocycles. The van der Waals surface area contributed by atoms with Crippen LogP contribution in [0, 0.1) is 17.8 Å². The normalized spacial score (nSPS) is 36.6. The van der Waals surface area contributed by atoms with Crippen LogP contribution < -0.4 is 4.72 Å². The number of amides is 1. The molecule has 6 nitrogen and oxygen atoms in total. The van der Waals surface area contributed by atoms with Crippen molar-refractivity contribution in [2.24, 2.45) is 17.8 Å². The summed E-state index contributed by atoms with van der Waals surface area (Å²) in [6.07, 6.45) is 1.83. The molecule has 5 rings (SSSR count). The van der Waals surface area contributed by atoms with E-state index in [1.54, 1.807) is 12.1 Å². The Morgan fingerprint density at radius 2 is 1.96 bits per heavy atom. The Morgan fingerprint density at radius 3 is 2.74 bits per heavy atom. The number of ether oxygens (including phenoxy) is 2. The predicted molar refractivity (Wildman–Crippen MR) is 78.6 cm³/mol. The van der Waals surface area contributed by atoms with E-state index in [0.717, 1.165) is 17.5 Å². The zero-order chi connectivity index (χ0) is 15.8. The highest BCUT2D eigenvalue weighted by molar-refractivity contribution is 7.90. The molecule has 4 aliphatic rings. The third-order valence-electron chi connectivity index (χ3n) is 5.58. The molecule has 23 heavy (non-hydrogen) atoms. The molecule has 0 spiro atoms. The SMILES string of the molecule is O=C(NS(=O)(=O)c1ccc2c(c1)COC2)[C@@H]1C[C@@H]2O[C@H]1[C@H]1C[C@H]12. The van der Waals surface area contributed by atoms with Gasteiger partial charge < -0.3 is 9.47 Å². The van der Waals surface area contributed by atoms with Crippen molar-refractivity contribution >= 4 is 15.9 Å². The average molecular weight is 335 g/mol. The van der Waals surface area contributed by atoms with E-state index in [2.05, 4.69) is 4.72 Å². The van der Waals surface area contributed by atoms with Gasteiger partial charge in [0.1, 0.15) is 0 Å². The molecule has 122 valence electrons. The van der Waals surface area contributed by atoms with Gasteiger partial charge >= 0.3 is 0 Å². The lowest BCUT2D eigenvalue weighted by Crippen LogP contribution is -2.40. The minimum atomic E-state index is -3.85. The molecular weight excluding hydrogens is 318 g/mol. The van der Waals surface area contributed by atoms with Crippen LogP contribution in [-0.4, -0.2) is 26.5 Å². The molecule has 1 aromatic rings. The van der Waals surface area contributed by atoms with Gasteiger partial charge in [-0.25, -0.2) is 13.1 Å². The van der Waals surface area contributed by atoms with Gasteiger partial charge in [0.15, 0.2) is 0 Å². The topological polar surface area (TPSA) is 81.7 Å². The van der Waals surface area contributed by atoms with Gasteiger partial charge in [-0.3, -0.25) is 4.79 Å². The highest BCUT2D eigenvalue weighted by Gasteiger charge is 2.64. The van der Waals surface area contributed by atoms with Gasteiger partial charge in [-0.15, -0.1) is 0 Å². The van der Waals surface area contributed by atoms with E-state index in [-0.39, 0.29) is 23.0 Å². The summed E-state index contributed by atoms with van der Waals surface area (Å²) in [5, 5.41) is 0. The van der Waals surface area contributed by atoms with Crippen LogP contribution in [0.15, 0.2) is 23.1 Å². The van der Waals surface area contributed by atoms with Crippen LogP contribution in [0.3, 0.4) is 0 Å². The number of hydrogen-bond donors (Lipinski definition) is 1. The second-order valence-electron chi connectivity index (χ2n) is 6.94. The van der Waals surface area contributed by atoms with Crippen LogP contribution in [0.25, 0.3) is 0 Å². The van der Waals surface area contributed by atoms with E-state index in [1.807, 2.05) is 0 Å². The van der Waals surface area contributed by atoms with Crippen molar-refractivity contribution in [1.29, 1.82) is 0 Å². The summed E-state index contributed by atoms with van der Waals surface area (Å²) in [4.78, 5) is 12.5. The van der Waals surface area contributed by atoms with Crippen molar-refractivity contribution in [3.63, 3.8) is 0 Å². The second-order valence-corrected chi connectivity index (χ2v) is 8.62. The summed E-state index contributed by atoms with van der Waals surface area (Å²) < 4.78 is 38.3. The van der Waals surface area contributed by atoms with Crippen LogP contribution >= 0.6 is 0 Å². The first kappa shape index (κ1) is 13.9. The van der Waals surface area contributed by atoms with Crippen LogP contribution in [0.2, 0.25) is 0 Å². The number of hydrogen-bond acceptors (Lipinski definition) is 5. The smallest absolute Gasteiger partial charge is 0.264 e. The highest BCUT2D eigenvalue weighted by Crippen LogP contribution is 2.60. The number of benzene rings is 1. The molecule has 3 aliphatic heterocycles. The maximum Gasteiger partial charge on any atom is 0.264 e. The van der Waals surface area contributed by atoms with Crippen LogP contribution in [0.4, 0.5) is 0 Å². The Morgan fingerprint density at radius 1 is 1.13 bits per heavy atom. The Hall–Kier alpha value is -1.44. The summed E-state index contributed by atoms with van der Waals surface area (Å²) in [6.45, 7) is 0.920. The molecule has 2 bridgehead atoms. The third-order valence-corrected chi connectivity index (χ3v) is 6.92. The van der Waals surface area contributed by atoms with E-state index >= 15 is 0 Å². The number of carbonyl (C=O) groups excluding carboxylic acids is 1. The zero-order valence-electron chi connectivity index (χ0n) is 12.4. The fourth-order valence-corrected chi connectivity index (χ4v) is 5.37. The maximum atomic E-state index is 12.5. The molecule has 1 amide bonds. The van der Waals surface area contributed by atoms with E-state index in [4.69, 9.17) is 9.47 Å². The minimum Gasteiger partial charge on any atom is -0.374 e. The van der Waals surface area contributed by atoms with Crippen LogP contribution in [0.1, 0.15) is 24.0 Å². The first-order valence-corrected chi connectivity index (χ1v) is 9.43. The average Bonchev–Trinajstić information content (AvgIpc) is 2.91. The summed E-state index contributed by atoms with van der Waals surface area (Å²) in [5.74, 6) is 0.303. The first-order valence-electron chi connectivity index (χ1n) is 7.94. The molecule has 7 heteroatoms. The van der Waals surface area contributed by atoms with Gasteiger partial charge in [-0.1, -0.05) is 6.07 Å². The third kappa shape index (κ3) is 2.07. The molecule has 0 radical (unpaired) electrons. The quantitative estimate of drug-likeness (QED) is 0.889. The molecule has 5 atom stereocenters. The Kier molecular flexibility index (Phi) is 2.76. The molecule has 2 saturated heterocycles. The number of sulfonamides is 1. The molecule has 1 saturated carbocycles. The van der Waals surface area contributed by atoms with Crippen LogP contribution in [0.5, 0.6) is 0 Å². The lowest BCUT2D eigenvalue weighted by molar-refractivity contribution is -0.125. The van der Waals surface area contributed by atoms with Crippen molar-refractivity contribution < 1.29 is 22.7 Å². The van der Waals surface area contributed by atoms with Crippen molar-refractivity contribution in [3.05, 3.63) is 29.3 Å². The Bertz CT molecular complexity index is 805. The van der Waals surface area contributed by atoms with Gasteiger partial charge in [0.25, 0.3) is 10.0 Å². The summed E-state index contributed by atoms with van der Waals surface area (Å²) >= 11 is 0. The largest absolute Gasteiger partial charge is 0.374 e. The van der Waals surface area contributed by atoms with E-state index in [1.165, 1.54) is 6.07 Å². The Balaban J connectivity index is 1.36. The molecule has 3 fully saturated rings. The molecule has 0 unspecified atom stereocenters. The van der Waals surface area contributed by atoms with Crippen molar-refractivity contribution in [2.45, 2.75) is 43.2 Å². The van der Waals surface area contributed by atoms with Gasteiger partial charge in [-0.2, -0.15) is 0 Å². The summed E-state index contributed by atoms with van der Waals surface area (Å²) in [7, 11) is -3.85. The Labute approximate surface area is 134 Å². The first-order chi connectivity index (χ1) is 11.0. The lowest BCUT2D eigenvalue weighted by atomic mass is 9.89. The standard InChI is InChI=1S/C16H17NO5S/c18-16(13-5-14-11-4-12(11)15(13)22-14)17-23(19,20)10-2-1-8-6-21-7-9(8)3-10/h1-3,11-15H,4-7H2,(H,17,18)/t11-,12+,13-,14+,15+/m1/s1. The van der Waals surface area contributed by atoms with Gasteiger partial charge in [-0.05, 0) is 47.9 Å². The number of fused-ring (bicyclic) bond motifs is 6. The van der Waals surface area contributed by atoms with Crippen molar-refractivity contribution in [2.75, 3.05) is 0 Å². The number of nitrogens with one attached hydrogen (secondary N) is 1. The van der Waals surface area contributed by atoms with E-state index in [0.29, 0.717) is 31.5 Å². The number of rotatable bonds is 3. The monoisotopic (exact) mass is 335 g/mol. The highest BCUT2D eigenvalue weighted by atomic mass is 32.2. The lowest BCUT2D eigenvalue weighted by Gasteiger charge is -2.18. The summed E-state index contributed by atoms with van der Waals surface area (Å²) in [6, 6.07) is 4.86. The molecule has 3 heterocycles. The van der Waals surface area contributed by atoms with E-state index in [9.17, 15) is 13.2 Å². The van der Waals surface area contributed by atoms with E-state index < -0.39 is 15.9 Å².